The summed E-state index contributed by atoms with van der Waals surface area (Å²) in [6.07, 6.45) is 9.91. The Bertz CT molecular complexity index is 753. The second kappa shape index (κ2) is 6.90. The zero-order chi connectivity index (χ0) is 17.2. The number of carbonyl (C=O) groups excluding carboxylic acids is 1. The molecule has 0 N–H and O–H groups in total. The third-order valence-corrected chi connectivity index (χ3v) is 5.21. The molecule has 4 heterocycles. The molecule has 0 aromatic carbocycles. The van der Waals surface area contributed by atoms with E-state index in [1.807, 2.05) is 11.8 Å². The number of amides is 1. The molecule has 1 amide bonds. The van der Waals surface area contributed by atoms with Crippen LogP contribution in [0.3, 0.4) is 0 Å². The zero-order valence-corrected chi connectivity index (χ0v) is 14.7. The molecule has 0 bridgehead atoms. The predicted octanol–water partition coefficient (Wildman–Crippen LogP) is 2.12. The Kier molecular flexibility index (Phi) is 4.46. The van der Waals surface area contributed by atoms with Crippen LogP contribution in [0.25, 0.3) is 0 Å². The van der Waals surface area contributed by atoms with Crippen LogP contribution in [-0.2, 0) is 13.0 Å². The lowest BCUT2D eigenvalue weighted by molar-refractivity contribution is 0.0696. The molecule has 2 aliphatic rings. The molecule has 4 rings (SSSR count). The van der Waals surface area contributed by atoms with Gasteiger partial charge in [-0.25, -0.2) is 4.98 Å². The van der Waals surface area contributed by atoms with Crippen LogP contribution in [0.2, 0.25) is 0 Å². The van der Waals surface area contributed by atoms with E-state index in [4.69, 9.17) is 0 Å². The van der Waals surface area contributed by atoms with Crippen molar-refractivity contribution in [1.29, 1.82) is 0 Å². The van der Waals surface area contributed by atoms with E-state index in [1.165, 1.54) is 19.3 Å². The van der Waals surface area contributed by atoms with E-state index in [0.29, 0.717) is 12.2 Å². The highest BCUT2D eigenvalue weighted by molar-refractivity contribution is 5.92. The van der Waals surface area contributed by atoms with Gasteiger partial charge in [0.05, 0.1) is 11.9 Å². The number of hydrogen-bond acceptors (Lipinski definition) is 5. The first-order valence-corrected chi connectivity index (χ1v) is 9.22. The highest BCUT2D eigenvalue weighted by atomic mass is 16.2. The van der Waals surface area contributed by atoms with Gasteiger partial charge in [-0.15, -0.1) is 10.2 Å². The molecule has 1 saturated heterocycles. The molecule has 25 heavy (non-hydrogen) atoms. The van der Waals surface area contributed by atoms with E-state index in [1.54, 1.807) is 12.4 Å². The van der Waals surface area contributed by atoms with Gasteiger partial charge in [-0.05, 0) is 32.6 Å². The summed E-state index contributed by atoms with van der Waals surface area (Å²) in [7, 11) is 0. The van der Waals surface area contributed by atoms with E-state index in [9.17, 15) is 4.79 Å². The van der Waals surface area contributed by atoms with Gasteiger partial charge < -0.3 is 9.47 Å². The average molecular weight is 340 g/mol. The van der Waals surface area contributed by atoms with Crippen LogP contribution in [0.4, 0.5) is 0 Å². The average Bonchev–Trinajstić information content (AvgIpc) is 2.90. The van der Waals surface area contributed by atoms with Gasteiger partial charge in [0.1, 0.15) is 17.3 Å². The Morgan fingerprint density at radius 2 is 2.00 bits per heavy atom. The van der Waals surface area contributed by atoms with Crippen LogP contribution >= 0.6 is 0 Å². The molecule has 0 aliphatic carbocycles. The maximum Gasteiger partial charge on any atom is 0.274 e. The molecule has 0 radical (unpaired) electrons. The second-order valence-electron chi connectivity index (χ2n) is 7.07. The van der Waals surface area contributed by atoms with Crippen molar-refractivity contribution in [2.75, 3.05) is 13.1 Å². The van der Waals surface area contributed by atoms with Gasteiger partial charge in [-0.1, -0.05) is 6.42 Å². The van der Waals surface area contributed by atoms with Crippen molar-refractivity contribution >= 4 is 5.91 Å². The number of aromatic nitrogens is 5. The van der Waals surface area contributed by atoms with Crippen LogP contribution in [0.5, 0.6) is 0 Å². The minimum atomic E-state index is -0.0344. The lowest BCUT2D eigenvalue weighted by Gasteiger charge is -2.32. The summed E-state index contributed by atoms with van der Waals surface area (Å²) in [6, 6.07) is 0. The maximum absolute atomic E-state index is 12.8. The van der Waals surface area contributed by atoms with Crippen molar-refractivity contribution in [3.05, 3.63) is 35.4 Å². The zero-order valence-electron chi connectivity index (χ0n) is 14.7. The first-order chi connectivity index (χ1) is 12.2. The van der Waals surface area contributed by atoms with Crippen LogP contribution in [0.15, 0.2) is 12.4 Å². The molecule has 7 heteroatoms. The summed E-state index contributed by atoms with van der Waals surface area (Å²) in [4.78, 5) is 23.1. The fourth-order valence-electron chi connectivity index (χ4n) is 3.85. The highest BCUT2D eigenvalue weighted by Crippen LogP contribution is 2.28. The molecule has 0 saturated carbocycles. The normalized spacial score (nSPS) is 20.8. The fourth-order valence-corrected chi connectivity index (χ4v) is 3.85. The van der Waals surface area contributed by atoms with Crippen LogP contribution in [0.1, 0.15) is 65.9 Å². The summed E-state index contributed by atoms with van der Waals surface area (Å²) in [5.41, 5.74) is 1.24. The topological polar surface area (TPSA) is 76.8 Å². The summed E-state index contributed by atoms with van der Waals surface area (Å²) >= 11 is 0. The number of nitrogens with zero attached hydrogens (tertiary/aromatic N) is 6. The monoisotopic (exact) mass is 340 g/mol. The molecule has 2 aromatic rings. The smallest absolute Gasteiger partial charge is 0.274 e. The molecular formula is C18H24N6O. The SMILES string of the molecule is Cc1cnc(C(=O)N2CCCC(c3nnc4n3CCCCC4)C2)cn1. The van der Waals surface area contributed by atoms with E-state index in [-0.39, 0.29) is 11.8 Å². The first kappa shape index (κ1) is 16.2. The molecule has 7 nitrogen and oxygen atoms in total. The van der Waals surface area contributed by atoms with Crippen LogP contribution < -0.4 is 0 Å². The van der Waals surface area contributed by atoms with Gasteiger partial charge in [0.15, 0.2) is 0 Å². The summed E-state index contributed by atoms with van der Waals surface area (Å²) in [5, 5.41) is 8.91. The summed E-state index contributed by atoms with van der Waals surface area (Å²) in [5.74, 6) is 2.40. The Balaban J connectivity index is 1.52. The van der Waals surface area contributed by atoms with Crippen molar-refractivity contribution in [1.82, 2.24) is 29.6 Å². The number of carbonyl (C=O) groups is 1. The highest BCUT2D eigenvalue weighted by Gasteiger charge is 2.30. The molecule has 0 spiro atoms. The molecule has 1 fully saturated rings. The van der Waals surface area contributed by atoms with Crippen molar-refractivity contribution in [3.8, 4) is 0 Å². The summed E-state index contributed by atoms with van der Waals surface area (Å²) < 4.78 is 2.30. The predicted molar refractivity (Wildman–Crippen MR) is 92.2 cm³/mol. The fraction of sp³-hybridized carbons (Fsp3) is 0.611. The molecule has 2 aliphatic heterocycles. The third-order valence-electron chi connectivity index (χ3n) is 5.21. The van der Waals surface area contributed by atoms with Gasteiger partial charge in [0, 0.05) is 38.2 Å². The van der Waals surface area contributed by atoms with Crippen molar-refractivity contribution in [3.63, 3.8) is 0 Å². The lowest BCUT2D eigenvalue weighted by atomic mass is 9.96. The lowest BCUT2D eigenvalue weighted by Crippen LogP contribution is -2.40. The van der Waals surface area contributed by atoms with Crippen molar-refractivity contribution in [2.24, 2.45) is 0 Å². The van der Waals surface area contributed by atoms with E-state index in [0.717, 1.165) is 49.7 Å². The molecule has 1 unspecified atom stereocenters. The maximum atomic E-state index is 12.8. The number of rotatable bonds is 2. The quantitative estimate of drug-likeness (QED) is 0.837. The van der Waals surface area contributed by atoms with Crippen molar-refractivity contribution < 1.29 is 4.79 Å². The standard InChI is InChI=1S/C18H24N6O/c1-13-10-20-15(11-19-13)18(25)23-8-5-6-14(12-23)17-22-21-16-7-3-2-4-9-24(16)17/h10-11,14H,2-9,12H2,1H3. The molecule has 2 aromatic heterocycles. The Hall–Kier alpha value is -2.31. The van der Waals surface area contributed by atoms with Gasteiger partial charge in [-0.2, -0.15) is 0 Å². The molecule has 132 valence electrons. The largest absolute Gasteiger partial charge is 0.337 e. The van der Waals surface area contributed by atoms with Gasteiger partial charge in [0.25, 0.3) is 5.91 Å². The minimum Gasteiger partial charge on any atom is -0.337 e. The van der Waals surface area contributed by atoms with Crippen molar-refractivity contribution in [2.45, 2.75) is 57.9 Å². The van der Waals surface area contributed by atoms with Gasteiger partial charge >= 0.3 is 0 Å². The Labute approximate surface area is 147 Å². The van der Waals surface area contributed by atoms with Gasteiger partial charge in [-0.3, -0.25) is 9.78 Å². The number of piperidine rings is 1. The summed E-state index contributed by atoms with van der Waals surface area (Å²) in [6.45, 7) is 4.33. The Morgan fingerprint density at radius 3 is 2.84 bits per heavy atom. The van der Waals surface area contributed by atoms with Crippen LogP contribution in [-0.4, -0.2) is 48.6 Å². The van der Waals surface area contributed by atoms with Gasteiger partial charge in [0.2, 0.25) is 0 Å². The van der Waals surface area contributed by atoms with E-state index < -0.39 is 0 Å². The van der Waals surface area contributed by atoms with E-state index in [2.05, 4.69) is 24.7 Å². The molecule has 1 atom stereocenters. The second-order valence-corrected chi connectivity index (χ2v) is 7.07. The van der Waals surface area contributed by atoms with Crippen LogP contribution in [0, 0.1) is 6.92 Å². The minimum absolute atomic E-state index is 0.0344. The first-order valence-electron chi connectivity index (χ1n) is 9.22. The third kappa shape index (κ3) is 3.27. The number of aryl methyl sites for hydroxylation is 2. The number of likely N-dealkylation sites (tertiary alicyclic amines) is 1. The number of hydrogen-bond donors (Lipinski definition) is 0. The number of fused-ring (bicyclic) bond motifs is 1. The van der Waals surface area contributed by atoms with E-state index >= 15 is 0 Å². The Morgan fingerprint density at radius 1 is 1.08 bits per heavy atom. The molecular weight excluding hydrogens is 316 g/mol.